The van der Waals surface area contributed by atoms with Crippen LogP contribution in [-0.4, -0.2) is 42.0 Å². The summed E-state index contributed by atoms with van der Waals surface area (Å²) in [5.41, 5.74) is 10.2. The van der Waals surface area contributed by atoms with Crippen molar-refractivity contribution >= 4 is 5.91 Å². The molecule has 2 N–H and O–H groups in total. The molecule has 0 aliphatic carbocycles. The molecule has 1 amide bonds. The van der Waals surface area contributed by atoms with Crippen LogP contribution < -0.4 is 5.73 Å². The van der Waals surface area contributed by atoms with Crippen LogP contribution in [0, 0.1) is 17.3 Å². The largest absolute Gasteiger partial charge is 0.492 e. The Morgan fingerprint density at radius 3 is 2.62 bits per heavy atom. The maximum Gasteiger partial charge on any atom is 0.272 e. The smallest absolute Gasteiger partial charge is 0.272 e. The minimum absolute atomic E-state index is 0.0434. The Kier molecular flexibility index (Phi) is 7.30. The summed E-state index contributed by atoms with van der Waals surface area (Å²) in [4.78, 5) is 19.4. The van der Waals surface area contributed by atoms with Gasteiger partial charge in [-0.1, -0.05) is 47.8 Å². The van der Waals surface area contributed by atoms with Gasteiger partial charge in [-0.15, -0.1) is 0 Å². The molecule has 2 fully saturated rings. The molecule has 2 aliphatic rings. The number of piperidine rings is 1. The molecule has 34 heavy (non-hydrogen) atoms. The molecule has 0 radical (unpaired) electrons. The van der Waals surface area contributed by atoms with Crippen LogP contribution in [0.3, 0.4) is 0 Å². The zero-order valence-corrected chi connectivity index (χ0v) is 19.9. The number of rotatable bonds is 3. The first-order chi connectivity index (χ1) is 16.5. The molecule has 0 saturated carbocycles. The maximum absolute atomic E-state index is 13.2. The SMILES string of the molecule is C\C=C1/C(=C\C=C(/C)CN)OCC12CCN(C(=O)c1cc(C#Cc3ccccc3)ccn1)CC2. The number of hydrogen-bond acceptors (Lipinski definition) is 4. The summed E-state index contributed by atoms with van der Waals surface area (Å²) in [5.74, 6) is 7.15. The average molecular weight is 454 g/mol. The van der Waals surface area contributed by atoms with Gasteiger partial charge in [0.15, 0.2) is 0 Å². The number of aromatic nitrogens is 1. The van der Waals surface area contributed by atoms with E-state index < -0.39 is 0 Å². The number of ether oxygens (including phenoxy) is 1. The average Bonchev–Trinajstić information content (AvgIpc) is 3.23. The Balaban J connectivity index is 1.44. The lowest BCUT2D eigenvalue weighted by Gasteiger charge is -2.38. The predicted molar refractivity (Wildman–Crippen MR) is 135 cm³/mol. The van der Waals surface area contributed by atoms with Crippen LogP contribution in [0.25, 0.3) is 0 Å². The molecule has 0 bridgehead atoms. The molecular formula is C29H31N3O2. The van der Waals surface area contributed by atoms with Crippen LogP contribution in [0.2, 0.25) is 0 Å². The van der Waals surface area contributed by atoms with Gasteiger partial charge < -0.3 is 15.4 Å². The van der Waals surface area contributed by atoms with Crippen LogP contribution in [-0.2, 0) is 4.74 Å². The van der Waals surface area contributed by atoms with Gasteiger partial charge in [-0.05, 0) is 62.6 Å². The Morgan fingerprint density at radius 2 is 1.91 bits per heavy atom. The van der Waals surface area contributed by atoms with Crippen molar-refractivity contribution in [2.45, 2.75) is 26.7 Å². The molecule has 1 aromatic heterocycles. The molecule has 174 valence electrons. The number of benzene rings is 1. The molecule has 2 aromatic rings. The molecule has 0 atom stereocenters. The van der Waals surface area contributed by atoms with E-state index in [2.05, 4.69) is 29.8 Å². The number of carbonyl (C=O) groups is 1. The first kappa shape index (κ1) is 23.5. The molecular weight excluding hydrogens is 422 g/mol. The summed E-state index contributed by atoms with van der Waals surface area (Å²) >= 11 is 0. The number of hydrogen-bond donors (Lipinski definition) is 1. The fourth-order valence-corrected chi connectivity index (χ4v) is 4.51. The first-order valence-electron chi connectivity index (χ1n) is 11.7. The summed E-state index contributed by atoms with van der Waals surface area (Å²) in [5, 5.41) is 0. The lowest BCUT2D eigenvalue weighted by Crippen LogP contribution is -2.44. The topological polar surface area (TPSA) is 68.5 Å². The van der Waals surface area contributed by atoms with Crippen molar-refractivity contribution in [3.63, 3.8) is 0 Å². The van der Waals surface area contributed by atoms with Crippen molar-refractivity contribution in [3.05, 3.63) is 101 Å². The van der Waals surface area contributed by atoms with Crippen LogP contribution in [0.15, 0.2) is 83.8 Å². The van der Waals surface area contributed by atoms with E-state index in [4.69, 9.17) is 10.5 Å². The summed E-state index contributed by atoms with van der Waals surface area (Å²) in [6.07, 6.45) is 9.58. The predicted octanol–water partition coefficient (Wildman–Crippen LogP) is 4.47. The van der Waals surface area contributed by atoms with E-state index in [-0.39, 0.29) is 11.3 Å². The third kappa shape index (κ3) is 5.13. The van der Waals surface area contributed by atoms with Crippen molar-refractivity contribution in [1.82, 2.24) is 9.88 Å². The van der Waals surface area contributed by atoms with Crippen molar-refractivity contribution < 1.29 is 9.53 Å². The van der Waals surface area contributed by atoms with Crippen molar-refractivity contribution in [2.24, 2.45) is 11.1 Å². The van der Waals surface area contributed by atoms with Gasteiger partial charge in [-0.2, -0.15) is 0 Å². The third-order valence-corrected chi connectivity index (χ3v) is 6.58. The molecule has 1 aromatic carbocycles. The lowest BCUT2D eigenvalue weighted by atomic mass is 9.73. The number of likely N-dealkylation sites (tertiary alicyclic amines) is 1. The van der Waals surface area contributed by atoms with Crippen molar-refractivity contribution in [1.29, 1.82) is 0 Å². The number of carbonyl (C=O) groups excluding carboxylic acids is 1. The number of allylic oxidation sites excluding steroid dienone is 4. The van der Waals surface area contributed by atoms with Crippen LogP contribution in [0.5, 0.6) is 0 Å². The highest BCUT2D eigenvalue weighted by molar-refractivity contribution is 5.92. The number of pyridine rings is 1. The lowest BCUT2D eigenvalue weighted by molar-refractivity contribution is 0.0579. The van der Waals surface area contributed by atoms with Gasteiger partial charge in [0, 0.05) is 42.4 Å². The Bertz CT molecular complexity index is 1190. The fraction of sp³-hybridized carbons (Fsp3) is 0.310. The molecule has 5 nitrogen and oxygen atoms in total. The molecule has 4 rings (SSSR count). The van der Waals surface area contributed by atoms with E-state index in [9.17, 15) is 4.79 Å². The van der Waals surface area contributed by atoms with E-state index in [0.717, 1.165) is 35.3 Å². The highest BCUT2D eigenvalue weighted by Crippen LogP contribution is 2.48. The fourth-order valence-electron chi connectivity index (χ4n) is 4.51. The summed E-state index contributed by atoms with van der Waals surface area (Å²) < 4.78 is 6.08. The number of amides is 1. The van der Waals surface area contributed by atoms with Gasteiger partial charge in [-0.3, -0.25) is 9.78 Å². The van der Waals surface area contributed by atoms with E-state index in [1.54, 1.807) is 12.3 Å². The van der Waals surface area contributed by atoms with Gasteiger partial charge in [0.2, 0.25) is 0 Å². The van der Waals surface area contributed by atoms with Crippen LogP contribution in [0.4, 0.5) is 0 Å². The summed E-state index contributed by atoms with van der Waals surface area (Å²) in [6.45, 7) is 6.60. The van der Waals surface area contributed by atoms with Crippen LogP contribution >= 0.6 is 0 Å². The monoisotopic (exact) mass is 453 g/mol. The summed E-state index contributed by atoms with van der Waals surface area (Å²) in [7, 11) is 0. The Labute approximate surface area is 202 Å². The molecule has 3 heterocycles. The molecule has 2 saturated heterocycles. The second kappa shape index (κ2) is 10.5. The minimum atomic E-state index is -0.0450. The second-order valence-corrected chi connectivity index (χ2v) is 8.86. The highest BCUT2D eigenvalue weighted by atomic mass is 16.5. The van der Waals surface area contributed by atoms with Gasteiger partial charge in [0.1, 0.15) is 11.5 Å². The summed E-state index contributed by atoms with van der Waals surface area (Å²) in [6, 6.07) is 13.4. The van der Waals surface area contributed by atoms with Crippen molar-refractivity contribution in [2.75, 3.05) is 26.2 Å². The first-order valence-corrected chi connectivity index (χ1v) is 11.7. The van der Waals surface area contributed by atoms with Crippen LogP contribution in [0.1, 0.15) is 48.3 Å². The zero-order chi connectivity index (χ0) is 24.0. The van der Waals surface area contributed by atoms with Gasteiger partial charge in [-0.25, -0.2) is 0 Å². The number of nitrogens with zero attached hydrogens (tertiary/aromatic N) is 2. The van der Waals surface area contributed by atoms with E-state index in [1.165, 1.54) is 5.57 Å². The molecule has 2 aliphatic heterocycles. The molecule has 5 heteroatoms. The van der Waals surface area contributed by atoms with Gasteiger partial charge >= 0.3 is 0 Å². The second-order valence-electron chi connectivity index (χ2n) is 8.86. The Hall–Kier alpha value is -3.62. The maximum atomic E-state index is 13.2. The molecule has 1 spiro atoms. The Morgan fingerprint density at radius 1 is 1.18 bits per heavy atom. The third-order valence-electron chi connectivity index (χ3n) is 6.58. The minimum Gasteiger partial charge on any atom is -0.492 e. The van der Waals surface area contributed by atoms with E-state index in [0.29, 0.717) is 31.9 Å². The quantitative estimate of drug-likeness (QED) is 0.697. The molecule has 0 unspecified atom stereocenters. The zero-order valence-electron chi connectivity index (χ0n) is 19.9. The van der Waals surface area contributed by atoms with E-state index >= 15 is 0 Å². The van der Waals surface area contributed by atoms with Gasteiger partial charge in [0.25, 0.3) is 5.91 Å². The van der Waals surface area contributed by atoms with E-state index in [1.807, 2.05) is 60.4 Å². The standard InChI is InChI=1S/C29H31N3O2/c1-3-25-27(12-9-22(2)20-30)34-21-29(25)14-17-32(18-15-29)28(33)26-19-24(13-16-31-26)11-10-23-7-5-4-6-8-23/h3-9,12-13,16,19H,14-15,17-18,20-21,30H2,1-2H3/b22-9+,25-3+,27-12+. The van der Waals surface area contributed by atoms with Gasteiger partial charge in [0.05, 0.1) is 6.61 Å². The number of nitrogens with two attached hydrogens (primary N) is 1. The normalized spacial score (nSPS) is 19.7. The van der Waals surface area contributed by atoms with Crippen molar-refractivity contribution in [3.8, 4) is 11.8 Å². The highest BCUT2D eigenvalue weighted by Gasteiger charge is 2.45.